The SMILES string of the molecule is Cc1cn(C2CCCC2)c(NC2CCCC2C)n1. The third kappa shape index (κ3) is 2.27. The molecule has 1 N–H and O–H groups in total. The summed E-state index contributed by atoms with van der Waals surface area (Å²) in [5.74, 6) is 1.91. The van der Waals surface area contributed by atoms with Gasteiger partial charge >= 0.3 is 0 Å². The van der Waals surface area contributed by atoms with Gasteiger partial charge in [0.1, 0.15) is 0 Å². The predicted octanol–water partition coefficient (Wildman–Crippen LogP) is 3.91. The second-order valence-electron chi connectivity index (χ2n) is 6.21. The van der Waals surface area contributed by atoms with Crippen LogP contribution in [0, 0.1) is 12.8 Å². The van der Waals surface area contributed by atoms with Gasteiger partial charge in [0.2, 0.25) is 5.95 Å². The van der Waals surface area contributed by atoms with Crippen molar-refractivity contribution in [1.82, 2.24) is 9.55 Å². The van der Waals surface area contributed by atoms with Crippen LogP contribution in [0.3, 0.4) is 0 Å². The Balaban J connectivity index is 1.78. The molecule has 3 rings (SSSR count). The number of nitrogens with zero attached hydrogens (tertiary/aromatic N) is 2. The van der Waals surface area contributed by atoms with Gasteiger partial charge in [0, 0.05) is 18.3 Å². The van der Waals surface area contributed by atoms with E-state index in [2.05, 4.69) is 29.9 Å². The molecule has 1 heterocycles. The summed E-state index contributed by atoms with van der Waals surface area (Å²) < 4.78 is 2.41. The first kappa shape index (κ1) is 12.1. The van der Waals surface area contributed by atoms with Crippen molar-refractivity contribution in [3.63, 3.8) is 0 Å². The van der Waals surface area contributed by atoms with Crippen LogP contribution in [-0.4, -0.2) is 15.6 Å². The largest absolute Gasteiger partial charge is 0.353 e. The van der Waals surface area contributed by atoms with Crippen LogP contribution in [0.5, 0.6) is 0 Å². The zero-order chi connectivity index (χ0) is 12.5. The fourth-order valence-electron chi connectivity index (χ4n) is 3.61. The lowest BCUT2D eigenvalue weighted by molar-refractivity contribution is 0.506. The average Bonchev–Trinajstić information content (AvgIpc) is 3.02. The molecule has 3 nitrogen and oxygen atoms in total. The molecule has 2 saturated carbocycles. The van der Waals surface area contributed by atoms with Gasteiger partial charge in [-0.1, -0.05) is 26.2 Å². The van der Waals surface area contributed by atoms with Crippen molar-refractivity contribution in [2.45, 2.75) is 70.9 Å². The second-order valence-corrected chi connectivity index (χ2v) is 6.21. The Morgan fingerprint density at radius 3 is 2.61 bits per heavy atom. The van der Waals surface area contributed by atoms with Crippen LogP contribution >= 0.6 is 0 Å². The standard InChI is InChI=1S/C15H25N3/c1-11-6-5-9-14(11)17-15-16-12(2)10-18(15)13-7-3-4-8-13/h10-11,13-14H,3-9H2,1-2H3,(H,16,17). The normalized spacial score (nSPS) is 29.0. The Hall–Kier alpha value is -0.990. The minimum atomic E-state index is 0.631. The van der Waals surface area contributed by atoms with E-state index in [1.807, 2.05) is 0 Å². The van der Waals surface area contributed by atoms with Crippen molar-refractivity contribution in [1.29, 1.82) is 0 Å². The van der Waals surface area contributed by atoms with Crippen LogP contribution in [0.25, 0.3) is 0 Å². The lowest BCUT2D eigenvalue weighted by Gasteiger charge is -2.21. The Bertz CT molecular complexity index is 404. The molecule has 1 aromatic rings. The Labute approximate surface area is 110 Å². The summed E-state index contributed by atoms with van der Waals surface area (Å²) in [6, 6.07) is 1.32. The number of hydrogen-bond acceptors (Lipinski definition) is 2. The summed E-state index contributed by atoms with van der Waals surface area (Å²) in [6.07, 6.45) is 11.7. The highest BCUT2D eigenvalue weighted by Gasteiger charge is 2.26. The molecular formula is C15H25N3. The first-order chi connectivity index (χ1) is 8.74. The van der Waals surface area contributed by atoms with Gasteiger partial charge < -0.3 is 9.88 Å². The number of imidazole rings is 1. The first-order valence-electron chi connectivity index (χ1n) is 7.56. The molecule has 0 bridgehead atoms. The molecule has 2 atom stereocenters. The number of aryl methyl sites for hydroxylation is 1. The van der Waals surface area contributed by atoms with E-state index in [0.717, 1.165) is 17.6 Å². The molecule has 0 aliphatic heterocycles. The van der Waals surface area contributed by atoms with Crippen molar-refractivity contribution in [3.05, 3.63) is 11.9 Å². The van der Waals surface area contributed by atoms with E-state index < -0.39 is 0 Å². The van der Waals surface area contributed by atoms with Crippen molar-refractivity contribution < 1.29 is 0 Å². The topological polar surface area (TPSA) is 29.9 Å². The third-order valence-electron chi connectivity index (χ3n) is 4.75. The molecule has 0 aromatic carbocycles. The molecule has 0 saturated heterocycles. The summed E-state index contributed by atoms with van der Waals surface area (Å²) >= 11 is 0. The van der Waals surface area contributed by atoms with Crippen molar-refractivity contribution in [2.75, 3.05) is 5.32 Å². The molecule has 2 unspecified atom stereocenters. The maximum absolute atomic E-state index is 4.70. The Morgan fingerprint density at radius 2 is 1.94 bits per heavy atom. The molecule has 0 radical (unpaired) electrons. The molecule has 18 heavy (non-hydrogen) atoms. The summed E-state index contributed by atoms with van der Waals surface area (Å²) in [6.45, 7) is 4.47. The van der Waals surface area contributed by atoms with E-state index >= 15 is 0 Å². The summed E-state index contributed by atoms with van der Waals surface area (Å²) in [5.41, 5.74) is 1.15. The minimum Gasteiger partial charge on any atom is -0.353 e. The molecule has 2 aliphatic rings. The molecule has 2 fully saturated rings. The molecule has 2 aliphatic carbocycles. The minimum absolute atomic E-state index is 0.631. The van der Waals surface area contributed by atoms with Gasteiger partial charge in [-0.25, -0.2) is 4.98 Å². The maximum atomic E-state index is 4.70. The second kappa shape index (κ2) is 4.94. The van der Waals surface area contributed by atoms with Gasteiger partial charge in [0.15, 0.2) is 0 Å². The van der Waals surface area contributed by atoms with E-state index in [-0.39, 0.29) is 0 Å². The van der Waals surface area contributed by atoms with E-state index in [1.54, 1.807) is 0 Å². The zero-order valence-electron chi connectivity index (χ0n) is 11.7. The predicted molar refractivity (Wildman–Crippen MR) is 74.9 cm³/mol. The van der Waals surface area contributed by atoms with Crippen LogP contribution in [0.4, 0.5) is 5.95 Å². The maximum Gasteiger partial charge on any atom is 0.203 e. The number of aromatic nitrogens is 2. The monoisotopic (exact) mass is 247 g/mol. The van der Waals surface area contributed by atoms with Gasteiger partial charge in [-0.15, -0.1) is 0 Å². The molecule has 3 heteroatoms. The smallest absolute Gasteiger partial charge is 0.203 e. The van der Waals surface area contributed by atoms with Gasteiger partial charge in [0.05, 0.1) is 5.69 Å². The fourth-order valence-corrected chi connectivity index (χ4v) is 3.61. The van der Waals surface area contributed by atoms with Crippen molar-refractivity contribution in [2.24, 2.45) is 5.92 Å². The molecule has 100 valence electrons. The van der Waals surface area contributed by atoms with Gasteiger partial charge in [-0.05, 0) is 38.5 Å². The zero-order valence-corrected chi connectivity index (χ0v) is 11.7. The van der Waals surface area contributed by atoms with Crippen LogP contribution in [-0.2, 0) is 0 Å². The van der Waals surface area contributed by atoms with Crippen molar-refractivity contribution >= 4 is 5.95 Å². The Morgan fingerprint density at radius 1 is 1.17 bits per heavy atom. The number of rotatable bonds is 3. The van der Waals surface area contributed by atoms with Gasteiger partial charge in [0.25, 0.3) is 0 Å². The van der Waals surface area contributed by atoms with Crippen LogP contribution in [0.15, 0.2) is 6.20 Å². The lowest BCUT2D eigenvalue weighted by Crippen LogP contribution is -2.24. The lowest BCUT2D eigenvalue weighted by atomic mass is 10.1. The highest BCUT2D eigenvalue weighted by Crippen LogP contribution is 2.34. The molecule has 0 spiro atoms. The number of anilines is 1. The molecular weight excluding hydrogens is 222 g/mol. The van der Waals surface area contributed by atoms with Crippen LogP contribution in [0.1, 0.15) is 63.6 Å². The molecule has 1 aromatic heterocycles. The third-order valence-corrected chi connectivity index (χ3v) is 4.75. The van der Waals surface area contributed by atoms with Gasteiger partial charge in [-0.2, -0.15) is 0 Å². The first-order valence-corrected chi connectivity index (χ1v) is 7.56. The Kier molecular flexibility index (Phi) is 3.31. The van der Waals surface area contributed by atoms with E-state index in [9.17, 15) is 0 Å². The van der Waals surface area contributed by atoms with Crippen LogP contribution in [0.2, 0.25) is 0 Å². The van der Waals surface area contributed by atoms with Crippen LogP contribution < -0.4 is 5.32 Å². The van der Waals surface area contributed by atoms with Crippen molar-refractivity contribution in [3.8, 4) is 0 Å². The van der Waals surface area contributed by atoms with E-state index in [1.165, 1.54) is 44.9 Å². The average molecular weight is 247 g/mol. The molecule has 0 amide bonds. The highest BCUT2D eigenvalue weighted by molar-refractivity contribution is 5.32. The van der Waals surface area contributed by atoms with E-state index in [4.69, 9.17) is 4.98 Å². The fraction of sp³-hybridized carbons (Fsp3) is 0.800. The summed E-state index contributed by atoms with van der Waals surface area (Å²) in [5, 5.41) is 3.71. The number of hydrogen-bond donors (Lipinski definition) is 1. The van der Waals surface area contributed by atoms with Gasteiger partial charge in [-0.3, -0.25) is 0 Å². The summed E-state index contributed by atoms with van der Waals surface area (Å²) in [7, 11) is 0. The highest BCUT2D eigenvalue weighted by atomic mass is 15.2. The summed E-state index contributed by atoms with van der Waals surface area (Å²) in [4.78, 5) is 4.70. The van der Waals surface area contributed by atoms with E-state index in [0.29, 0.717) is 12.1 Å². The number of nitrogens with one attached hydrogen (secondary N) is 1. The quantitative estimate of drug-likeness (QED) is 0.877.